The summed E-state index contributed by atoms with van der Waals surface area (Å²) in [6, 6.07) is 19.2. The van der Waals surface area contributed by atoms with Crippen LogP contribution in [0.1, 0.15) is 71.6 Å². The second kappa shape index (κ2) is 14.0. The molecule has 2 aromatic carbocycles. The first-order valence-corrected chi connectivity index (χ1v) is 15.5. The highest BCUT2D eigenvalue weighted by molar-refractivity contribution is 5.95. The number of nitrogens with zero attached hydrogens (tertiary/aromatic N) is 2. The molecule has 2 amide bonds. The highest BCUT2D eigenvalue weighted by Gasteiger charge is 2.45. The van der Waals surface area contributed by atoms with Crippen molar-refractivity contribution in [2.45, 2.75) is 84.2 Å². The minimum Gasteiger partial charge on any atom is -0.443 e. The molecule has 45 heavy (non-hydrogen) atoms. The fraction of sp³-hybridized carbons (Fsp3) is 0.472. The van der Waals surface area contributed by atoms with Gasteiger partial charge in [-0.25, -0.2) is 19.1 Å². The van der Waals surface area contributed by atoms with E-state index in [1.54, 1.807) is 47.6 Å². The van der Waals surface area contributed by atoms with Gasteiger partial charge in [0.05, 0.1) is 24.1 Å². The molecule has 0 radical (unpaired) electrons. The largest absolute Gasteiger partial charge is 0.443 e. The molecule has 242 valence electrons. The van der Waals surface area contributed by atoms with Crippen molar-refractivity contribution < 1.29 is 33.7 Å². The summed E-state index contributed by atoms with van der Waals surface area (Å²) in [6.45, 7) is 15.5. The lowest BCUT2D eigenvalue weighted by Crippen LogP contribution is -2.42. The number of allylic oxidation sites excluding steroid dienone is 1. The Hall–Kier alpha value is -3.95. The SMILES string of the molecule is C=C[C@H](c1cc2ccccc2n1C(=O)OC(C)(C)C)[C@@H](CCOCc1ccccc1)[C@H](O)[C@@H]1CCN(C(=O)OC(C)(C)C)C1=O. The summed E-state index contributed by atoms with van der Waals surface area (Å²) < 4.78 is 18.8. The number of aliphatic hydroxyl groups excluding tert-OH is 1. The number of likely N-dealkylation sites (tertiary alicyclic amines) is 1. The summed E-state index contributed by atoms with van der Waals surface area (Å²) in [5.74, 6) is -2.49. The van der Waals surface area contributed by atoms with Crippen molar-refractivity contribution >= 4 is 29.0 Å². The van der Waals surface area contributed by atoms with Gasteiger partial charge in [0.15, 0.2) is 0 Å². The molecule has 9 heteroatoms. The van der Waals surface area contributed by atoms with Crippen LogP contribution in [0, 0.1) is 11.8 Å². The zero-order valence-corrected chi connectivity index (χ0v) is 27.2. The molecule has 0 unspecified atom stereocenters. The van der Waals surface area contributed by atoms with Crippen LogP contribution in [-0.2, 0) is 25.6 Å². The molecule has 1 aliphatic rings. The van der Waals surface area contributed by atoms with Gasteiger partial charge < -0.3 is 19.3 Å². The van der Waals surface area contributed by atoms with Crippen LogP contribution in [0.15, 0.2) is 73.3 Å². The average Bonchev–Trinajstić information content (AvgIpc) is 3.54. The molecule has 0 aliphatic carbocycles. The first kappa shape index (κ1) is 33.9. The number of carbonyl (C=O) groups is 3. The number of aliphatic hydroxyl groups is 1. The minimum absolute atomic E-state index is 0.142. The number of para-hydroxylation sites is 1. The Labute approximate surface area is 265 Å². The van der Waals surface area contributed by atoms with Gasteiger partial charge in [0, 0.05) is 30.1 Å². The molecule has 0 bridgehead atoms. The molecular formula is C36H46N2O7. The summed E-state index contributed by atoms with van der Waals surface area (Å²) >= 11 is 0. The molecular weight excluding hydrogens is 572 g/mol. The number of ether oxygens (including phenoxy) is 3. The predicted octanol–water partition coefficient (Wildman–Crippen LogP) is 7.06. The van der Waals surface area contributed by atoms with Gasteiger partial charge in [-0.3, -0.25) is 4.79 Å². The maximum Gasteiger partial charge on any atom is 0.419 e. The molecule has 0 spiro atoms. The summed E-state index contributed by atoms with van der Waals surface area (Å²) in [4.78, 5) is 41.1. The standard InChI is InChI=1S/C36H46N2O7/c1-8-26(30-22-25-16-12-13-17-29(25)38(30)34(42)45-36(5,6)7)27(19-21-43-23-24-14-10-9-11-15-24)31(39)28-18-20-37(32(28)40)33(41)44-35(2,3)4/h8-17,22,26-28,31,39H,1,18-21,23H2,2-7H3/t26-,27+,28-,31-/m0/s1. The lowest BCUT2D eigenvalue weighted by molar-refractivity contribution is -0.134. The molecule has 1 fully saturated rings. The number of rotatable bonds is 10. The average molecular weight is 619 g/mol. The predicted molar refractivity (Wildman–Crippen MR) is 173 cm³/mol. The van der Waals surface area contributed by atoms with E-state index >= 15 is 0 Å². The van der Waals surface area contributed by atoms with Gasteiger partial charge in [-0.2, -0.15) is 0 Å². The van der Waals surface area contributed by atoms with Gasteiger partial charge in [-0.05, 0) is 78.0 Å². The van der Waals surface area contributed by atoms with E-state index in [0.29, 0.717) is 24.2 Å². The van der Waals surface area contributed by atoms with E-state index < -0.39 is 53.2 Å². The van der Waals surface area contributed by atoms with E-state index in [4.69, 9.17) is 14.2 Å². The maximum atomic E-state index is 13.6. The van der Waals surface area contributed by atoms with E-state index in [1.807, 2.05) is 60.7 Å². The van der Waals surface area contributed by atoms with Crippen molar-refractivity contribution in [2.24, 2.45) is 11.8 Å². The van der Waals surface area contributed by atoms with Crippen LogP contribution in [-0.4, -0.2) is 63.1 Å². The number of benzene rings is 2. The molecule has 9 nitrogen and oxygen atoms in total. The van der Waals surface area contributed by atoms with Crippen LogP contribution < -0.4 is 0 Å². The molecule has 1 aliphatic heterocycles. The molecule has 3 aromatic rings. The number of imide groups is 1. The number of hydrogen-bond donors (Lipinski definition) is 1. The van der Waals surface area contributed by atoms with Gasteiger partial charge in [0.25, 0.3) is 0 Å². The second-order valence-electron chi connectivity index (χ2n) is 13.6. The molecule has 0 saturated carbocycles. The Kier molecular flexibility index (Phi) is 10.6. The van der Waals surface area contributed by atoms with Crippen LogP contribution >= 0.6 is 0 Å². The molecule has 1 aromatic heterocycles. The van der Waals surface area contributed by atoms with Crippen molar-refractivity contribution in [1.82, 2.24) is 9.47 Å². The zero-order chi connectivity index (χ0) is 32.9. The number of hydrogen-bond acceptors (Lipinski definition) is 7. The number of carbonyl (C=O) groups excluding carboxylic acids is 3. The summed E-state index contributed by atoms with van der Waals surface area (Å²) in [5, 5.41) is 12.8. The Morgan fingerprint density at radius 1 is 0.978 bits per heavy atom. The van der Waals surface area contributed by atoms with Crippen LogP contribution in [0.4, 0.5) is 9.59 Å². The molecule has 4 atom stereocenters. The Bertz CT molecular complexity index is 1500. The van der Waals surface area contributed by atoms with E-state index in [2.05, 4.69) is 6.58 Å². The van der Waals surface area contributed by atoms with E-state index in [9.17, 15) is 19.5 Å². The number of amides is 2. The number of aromatic nitrogens is 1. The van der Waals surface area contributed by atoms with Crippen molar-refractivity contribution in [3.63, 3.8) is 0 Å². The van der Waals surface area contributed by atoms with Crippen molar-refractivity contribution in [3.8, 4) is 0 Å². The third-order valence-corrected chi connectivity index (χ3v) is 7.79. The van der Waals surface area contributed by atoms with Crippen LogP contribution in [0.25, 0.3) is 10.9 Å². The quantitative estimate of drug-likeness (QED) is 0.191. The maximum absolute atomic E-state index is 13.6. The summed E-state index contributed by atoms with van der Waals surface area (Å²) in [5.41, 5.74) is 0.751. The number of fused-ring (bicyclic) bond motifs is 1. The smallest absolute Gasteiger partial charge is 0.419 e. The van der Waals surface area contributed by atoms with Crippen molar-refractivity contribution in [1.29, 1.82) is 0 Å². The molecule has 1 saturated heterocycles. The second-order valence-corrected chi connectivity index (χ2v) is 13.6. The van der Waals surface area contributed by atoms with Crippen LogP contribution in [0.5, 0.6) is 0 Å². The Morgan fingerprint density at radius 3 is 2.24 bits per heavy atom. The van der Waals surface area contributed by atoms with Crippen molar-refractivity contribution in [2.75, 3.05) is 13.2 Å². The Balaban J connectivity index is 1.68. The molecule has 2 heterocycles. The van der Waals surface area contributed by atoms with Crippen LogP contribution in [0.3, 0.4) is 0 Å². The summed E-state index contributed by atoms with van der Waals surface area (Å²) in [6.07, 6.45) is -0.109. The normalized spacial score (nSPS) is 17.6. The lowest BCUT2D eigenvalue weighted by atomic mass is 9.77. The van der Waals surface area contributed by atoms with Gasteiger partial charge in [0.2, 0.25) is 5.91 Å². The third kappa shape index (κ3) is 8.41. The molecule has 1 N–H and O–H groups in total. The highest BCUT2D eigenvalue weighted by Crippen LogP contribution is 2.39. The Morgan fingerprint density at radius 2 is 1.60 bits per heavy atom. The van der Waals surface area contributed by atoms with Crippen molar-refractivity contribution in [3.05, 3.63) is 84.6 Å². The van der Waals surface area contributed by atoms with E-state index in [-0.39, 0.29) is 19.6 Å². The first-order valence-electron chi connectivity index (χ1n) is 15.5. The molecule has 4 rings (SSSR count). The monoisotopic (exact) mass is 618 g/mol. The van der Waals surface area contributed by atoms with Gasteiger partial charge >= 0.3 is 12.2 Å². The van der Waals surface area contributed by atoms with Gasteiger partial charge in [-0.1, -0.05) is 54.6 Å². The van der Waals surface area contributed by atoms with Gasteiger partial charge in [-0.15, -0.1) is 6.58 Å². The topological polar surface area (TPSA) is 107 Å². The fourth-order valence-electron chi connectivity index (χ4n) is 5.81. The van der Waals surface area contributed by atoms with Gasteiger partial charge in [0.1, 0.15) is 11.2 Å². The third-order valence-electron chi connectivity index (χ3n) is 7.79. The lowest BCUT2D eigenvalue weighted by Gasteiger charge is -2.33. The van der Waals surface area contributed by atoms with E-state index in [1.165, 1.54) is 4.57 Å². The minimum atomic E-state index is -1.17. The highest BCUT2D eigenvalue weighted by atomic mass is 16.6. The van der Waals surface area contributed by atoms with E-state index in [0.717, 1.165) is 15.8 Å². The first-order chi connectivity index (χ1) is 21.2. The fourth-order valence-corrected chi connectivity index (χ4v) is 5.81. The summed E-state index contributed by atoms with van der Waals surface area (Å²) in [7, 11) is 0. The zero-order valence-electron chi connectivity index (χ0n) is 27.2. The van der Waals surface area contributed by atoms with Crippen LogP contribution in [0.2, 0.25) is 0 Å².